The Morgan fingerprint density at radius 3 is 2.32 bits per heavy atom. The molecule has 0 saturated heterocycles. The Morgan fingerprint density at radius 2 is 1.71 bits per heavy atom. The summed E-state index contributed by atoms with van der Waals surface area (Å²) < 4.78 is 5.83. The van der Waals surface area contributed by atoms with Crippen molar-refractivity contribution in [3.05, 3.63) is 95.1 Å². The van der Waals surface area contributed by atoms with Crippen molar-refractivity contribution in [3.63, 3.8) is 0 Å². The maximum absolute atomic E-state index is 13.2. The van der Waals surface area contributed by atoms with Gasteiger partial charge in [-0.05, 0) is 59.9 Å². The van der Waals surface area contributed by atoms with Crippen LogP contribution in [0.5, 0.6) is 11.5 Å². The van der Waals surface area contributed by atoms with Crippen molar-refractivity contribution in [2.24, 2.45) is 5.92 Å². The van der Waals surface area contributed by atoms with Crippen molar-refractivity contribution >= 4 is 11.9 Å². The van der Waals surface area contributed by atoms with Gasteiger partial charge in [0.25, 0.3) is 5.91 Å². The molecule has 3 aromatic rings. The molecule has 0 unspecified atom stereocenters. The van der Waals surface area contributed by atoms with Crippen LogP contribution in [0.4, 0.5) is 0 Å². The largest absolute Gasteiger partial charge is 0.481 e. The van der Waals surface area contributed by atoms with Crippen LogP contribution in [-0.4, -0.2) is 35.0 Å². The number of nitriles is 1. The van der Waals surface area contributed by atoms with Gasteiger partial charge in [0.15, 0.2) is 0 Å². The molecule has 174 valence electrons. The lowest BCUT2D eigenvalue weighted by atomic mass is 10.1. The number of carboxylic acids is 1. The van der Waals surface area contributed by atoms with E-state index in [1.807, 2.05) is 29.2 Å². The van der Waals surface area contributed by atoms with Crippen LogP contribution in [0.2, 0.25) is 0 Å². The van der Waals surface area contributed by atoms with Crippen LogP contribution >= 0.6 is 0 Å². The molecule has 0 bridgehead atoms. The zero-order valence-corrected chi connectivity index (χ0v) is 19.4. The van der Waals surface area contributed by atoms with Gasteiger partial charge >= 0.3 is 5.97 Å². The molecule has 6 nitrogen and oxygen atoms in total. The Kier molecular flexibility index (Phi) is 8.42. The zero-order chi connectivity index (χ0) is 24.5. The van der Waals surface area contributed by atoms with Gasteiger partial charge < -0.3 is 14.7 Å². The molecule has 0 aliphatic heterocycles. The van der Waals surface area contributed by atoms with Crippen LogP contribution in [0.15, 0.2) is 72.8 Å². The number of hydrogen-bond acceptors (Lipinski definition) is 4. The highest BCUT2D eigenvalue weighted by Crippen LogP contribution is 2.27. The van der Waals surface area contributed by atoms with Gasteiger partial charge in [-0.25, -0.2) is 0 Å². The fraction of sp³-hybridized carbons (Fsp3) is 0.250. The van der Waals surface area contributed by atoms with E-state index in [-0.39, 0.29) is 17.9 Å². The second kappa shape index (κ2) is 11.7. The van der Waals surface area contributed by atoms with E-state index in [1.165, 1.54) is 11.6 Å². The Labute approximate surface area is 200 Å². The fourth-order valence-corrected chi connectivity index (χ4v) is 3.64. The molecule has 0 aliphatic carbocycles. The molecular weight excluding hydrogens is 428 g/mol. The normalized spacial score (nSPS) is 10.5. The Morgan fingerprint density at radius 1 is 1.00 bits per heavy atom. The molecule has 0 saturated carbocycles. The number of nitrogens with zero attached hydrogens (tertiary/aromatic N) is 2. The summed E-state index contributed by atoms with van der Waals surface area (Å²) in [6.07, 6.45) is 0.623. The SMILES string of the molecule is CC(C)CN(CCc1ccccc1)C(=O)c1ccc(Oc2ccc(CC(=O)O)cc2C#N)cc1. The van der Waals surface area contributed by atoms with E-state index >= 15 is 0 Å². The van der Waals surface area contributed by atoms with Crippen LogP contribution < -0.4 is 4.74 Å². The third kappa shape index (κ3) is 6.94. The number of amides is 1. The van der Waals surface area contributed by atoms with E-state index in [1.54, 1.807) is 36.4 Å². The van der Waals surface area contributed by atoms with Crippen molar-refractivity contribution in [3.8, 4) is 17.6 Å². The molecule has 0 spiro atoms. The maximum Gasteiger partial charge on any atom is 0.307 e. The first-order valence-electron chi connectivity index (χ1n) is 11.2. The molecule has 0 aromatic heterocycles. The molecule has 1 N–H and O–H groups in total. The monoisotopic (exact) mass is 456 g/mol. The molecule has 3 aromatic carbocycles. The summed E-state index contributed by atoms with van der Waals surface area (Å²) in [6.45, 7) is 5.48. The zero-order valence-electron chi connectivity index (χ0n) is 19.4. The van der Waals surface area contributed by atoms with E-state index in [0.29, 0.717) is 41.6 Å². The summed E-state index contributed by atoms with van der Waals surface area (Å²) in [5, 5.41) is 18.3. The summed E-state index contributed by atoms with van der Waals surface area (Å²) in [4.78, 5) is 26.0. The number of aliphatic carboxylic acids is 1. The van der Waals surface area contributed by atoms with Gasteiger partial charge in [0.2, 0.25) is 0 Å². The van der Waals surface area contributed by atoms with E-state index in [4.69, 9.17) is 9.84 Å². The molecule has 1 amide bonds. The van der Waals surface area contributed by atoms with Crippen LogP contribution in [0.1, 0.15) is 40.9 Å². The number of ether oxygens (including phenoxy) is 1. The molecule has 6 heteroatoms. The van der Waals surface area contributed by atoms with E-state index in [2.05, 4.69) is 26.0 Å². The summed E-state index contributed by atoms with van der Waals surface area (Å²) in [5.41, 5.74) is 2.54. The minimum atomic E-state index is -0.965. The van der Waals surface area contributed by atoms with Crippen molar-refractivity contribution in [2.45, 2.75) is 26.7 Å². The molecule has 0 fully saturated rings. The van der Waals surface area contributed by atoms with Gasteiger partial charge in [-0.1, -0.05) is 50.2 Å². The molecule has 0 atom stereocenters. The van der Waals surface area contributed by atoms with Gasteiger partial charge in [0.05, 0.1) is 12.0 Å². The first-order chi connectivity index (χ1) is 16.4. The van der Waals surface area contributed by atoms with Crippen molar-refractivity contribution in [1.82, 2.24) is 4.90 Å². The third-order valence-corrected chi connectivity index (χ3v) is 5.23. The maximum atomic E-state index is 13.2. The Balaban J connectivity index is 1.71. The number of rotatable bonds is 10. The first kappa shape index (κ1) is 24.5. The van der Waals surface area contributed by atoms with E-state index in [0.717, 1.165) is 6.42 Å². The predicted octanol–water partition coefficient (Wildman–Crippen LogP) is 5.32. The lowest BCUT2D eigenvalue weighted by molar-refractivity contribution is -0.136. The second-order valence-corrected chi connectivity index (χ2v) is 8.52. The summed E-state index contributed by atoms with van der Waals surface area (Å²) in [5.74, 6) is 0.162. The lowest BCUT2D eigenvalue weighted by Gasteiger charge is -2.25. The Bertz CT molecular complexity index is 1170. The van der Waals surface area contributed by atoms with Gasteiger partial charge in [-0.3, -0.25) is 9.59 Å². The summed E-state index contributed by atoms with van der Waals surface area (Å²) in [7, 11) is 0. The fourth-order valence-electron chi connectivity index (χ4n) is 3.64. The molecular formula is C28H28N2O4. The van der Waals surface area contributed by atoms with Crippen molar-refractivity contribution in [1.29, 1.82) is 5.26 Å². The van der Waals surface area contributed by atoms with Gasteiger partial charge in [0, 0.05) is 18.7 Å². The van der Waals surface area contributed by atoms with E-state index < -0.39 is 5.97 Å². The highest BCUT2D eigenvalue weighted by Gasteiger charge is 2.17. The standard InChI is InChI=1S/C28H28N2O4/c1-20(2)19-30(15-14-21-6-4-3-5-7-21)28(33)23-9-11-25(12-10-23)34-26-13-8-22(17-27(31)32)16-24(26)18-29/h3-13,16,20H,14-15,17,19H2,1-2H3,(H,31,32). The molecule has 0 aliphatic rings. The van der Waals surface area contributed by atoms with Crippen molar-refractivity contribution in [2.75, 3.05) is 13.1 Å². The topological polar surface area (TPSA) is 90.6 Å². The van der Waals surface area contributed by atoms with Crippen LogP contribution in [0.25, 0.3) is 0 Å². The van der Waals surface area contributed by atoms with Gasteiger partial charge in [-0.2, -0.15) is 5.26 Å². The smallest absolute Gasteiger partial charge is 0.307 e. The number of carbonyl (C=O) groups excluding carboxylic acids is 1. The quantitative estimate of drug-likeness (QED) is 0.446. The molecule has 0 radical (unpaired) electrons. The number of benzene rings is 3. The van der Waals surface area contributed by atoms with Gasteiger partial charge in [0.1, 0.15) is 17.6 Å². The average molecular weight is 457 g/mol. The van der Waals surface area contributed by atoms with Crippen LogP contribution in [0.3, 0.4) is 0 Å². The first-order valence-corrected chi connectivity index (χ1v) is 11.2. The highest BCUT2D eigenvalue weighted by atomic mass is 16.5. The average Bonchev–Trinajstić information content (AvgIpc) is 2.83. The van der Waals surface area contributed by atoms with Crippen molar-refractivity contribution < 1.29 is 19.4 Å². The minimum absolute atomic E-state index is 0.0353. The number of carboxylic acid groups (broad SMARTS) is 1. The third-order valence-electron chi connectivity index (χ3n) is 5.23. The Hall–Kier alpha value is -4.11. The predicted molar refractivity (Wildman–Crippen MR) is 130 cm³/mol. The lowest BCUT2D eigenvalue weighted by Crippen LogP contribution is -2.35. The molecule has 3 rings (SSSR count). The van der Waals surface area contributed by atoms with Gasteiger partial charge in [-0.15, -0.1) is 0 Å². The van der Waals surface area contributed by atoms with E-state index in [9.17, 15) is 14.9 Å². The highest BCUT2D eigenvalue weighted by molar-refractivity contribution is 5.94. The van der Waals surface area contributed by atoms with Crippen LogP contribution in [0, 0.1) is 17.2 Å². The van der Waals surface area contributed by atoms with Crippen LogP contribution in [-0.2, 0) is 17.6 Å². The minimum Gasteiger partial charge on any atom is -0.481 e. The number of carbonyl (C=O) groups is 2. The summed E-state index contributed by atoms with van der Waals surface area (Å²) >= 11 is 0. The molecule has 0 heterocycles. The summed E-state index contributed by atoms with van der Waals surface area (Å²) in [6, 6.07) is 23.7. The molecule has 34 heavy (non-hydrogen) atoms. The second-order valence-electron chi connectivity index (χ2n) is 8.52. The number of hydrogen-bond donors (Lipinski definition) is 1.